The van der Waals surface area contributed by atoms with E-state index in [9.17, 15) is 0 Å². The third-order valence-electron chi connectivity index (χ3n) is 3.98. The van der Waals surface area contributed by atoms with E-state index >= 15 is 0 Å². The van der Waals surface area contributed by atoms with Crippen LogP contribution in [0.15, 0.2) is 0 Å². The highest BCUT2D eigenvalue weighted by Gasteiger charge is 2.27. The van der Waals surface area contributed by atoms with Crippen LogP contribution in [0, 0.1) is 19.3 Å². The fourth-order valence-electron chi connectivity index (χ4n) is 2.65. The van der Waals surface area contributed by atoms with Gasteiger partial charge in [0.2, 0.25) is 0 Å². The lowest BCUT2D eigenvalue weighted by Gasteiger charge is -2.35. The number of thiazole rings is 1. The van der Waals surface area contributed by atoms with Crippen molar-refractivity contribution in [3.63, 3.8) is 0 Å². The predicted octanol–water partition coefficient (Wildman–Crippen LogP) is 2.80. The molecule has 1 aromatic rings. The van der Waals surface area contributed by atoms with Gasteiger partial charge in [-0.05, 0) is 52.1 Å². The van der Waals surface area contributed by atoms with Crippen molar-refractivity contribution in [3.05, 3.63) is 15.6 Å². The molecule has 1 saturated heterocycles. The summed E-state index contributed by atoms with van der Waals surface area (Å²) in [6, 6.07) is 0.419. The first-order valence-electron chi connectivity index (χ1n) is 6.88. The van der Waals surface area contributed by atoms with Gasteiger partial charge in [-0.1, -0.05) is 6.92 Å². The molecule has 4 heteroatoms. The molecule has 1 atom stereocenters. The summed E-state index contributed by atoms with van der Waals surface area (Å²) in [5.41, 5.74) is 1.64. The summed E-state index contributed by atoms with van der Waals surface area (Å²) in [7, 11) is 0. The van der Waals surface area contributed by atoms with Crippen LogP contribution in [0.4, 0.5) is 0 Å². The molecular weight excluding hydrogens is 242 g/mol. The van der Waals surface area contributed by atoms with Crippen molar-refractivity contribution in [1.82, 2.24) is 15.6 Å². The molecule has 1 fully saturated rings. The summed E-state index contributed by atoms with van der Waals surface area (Å²) >= 11 is 1.82. The third kappa shape index (κ3) is 3.31. The maximum Gasteiger partial charge on any atom is 0.0900 e. The zero-order valence-corrected chi connectivity index (χ0v) is 12.8. The van der Waals surface area contributed by atoms with E-state index in [1.807, 2.05) is 11.3 Å². The molecule has 0 radical (unpaired) electrons. The topological polar surface area (TPSA) is 37.0 Å². The minimum absolute atomic E-state index is 0.419. The predicted molar refractivity (Wildman–Crippen MR) is 78.2 cm³/mol. The van der Waals surface area contributed by atoms with Crippen molar-refractivity contribution in [1.29, 1.82) is 0 Å². The van der Waals surface area contributed by atoms with Crippen molar-refractivity contribution in [2.24, 2.45) is 5.41 Å². The Balaban J connectivity index is 1.91. The highest BCUT2D eigenvalue weighted by atomic mass is 32.1. The van der Waals surface area contributed by atoms with Crippen LogP contribution in [-0.2, 0) is 0 Å². The largest absolute Gasteiger partial charge is 0.317 e. The highest BCUT2D eigenvalue weighted by Crippen LogP contribution is 2.29. The van der Waals surface area contributed by atoms with Crippen LogP contribution in [0.3, 0.4) is 0 Å². The van der Waals surface area contributed by atoms with Gasteiger partial charge in [0.25, 0.3) is 0 Å². The van der Waals surface area contributed by atoms with Gasteiger partial charge in [0, 0.05) is 17.5 Å². The average Bonchev–Trinajstić information content (AvgIpc) is 2.67. The molecule has 0 spiro atoms. The second-order valence-corrected chi connectivity index (χ2v) is 7.08. The zero-order chi connectivity index (χ0) is 13.2. The van der Waals surface area contributed by atoms with Crippen LogP contribution in [0.25, 0.3) is 0 Å². The minimum Gasteiger partial charge on any atom is -0.317 e. The summed E-state index contributed by atoms with van der Waals surface area (Å²) in [6.07, 6.45) is 2.54. The molecule has 18 heavy (non-hydrogen) atoms. The molecular formula is C14H25N3S. The van der Waals surface area contributed by atoms with Crippen molar-refractivity contribution in [2.45, 2.75) is 46.6 Å². The van der Waals surface area contributed by atoms with E-state index in [-0.39, 0.29) is 0 Å². The standard InChI is InChI=1S/C14H25N3S/c1-10(13-11(2)17-12(3)18-13)16-9-14(4)5-7-15-8-6-14/h10,15-16H,5-9H2,1-4H3. The molecule has 0 bridgehead atoms. The van der Waals surface area contributed by atoms with E-state index in [4.69, 9.17) is 0 Å². The maximum absolute atomic E-state index is 4.51. The van der Waals surface area contributed by atoms with Gasteiger partial charge < -0.3 is 10.6 Å². The zero-order valence-electron chi connectivity index (χ0n) is 12.0. The quantitative estimate of drug-likeness (QED) is 0.881. The monoisotopic (exact) mass is 267 g/mol. The Morgan fingerprint density at radius 3 is 2.61 bits per heavy atom. The summed E-state index contributed by atoms with van der Waals surface area (Å²) < 4.78 is 0. The van der Waals surface area contributed by atoms with Gasteiger partial charge in [-0.3, -0.25) is 0 Å². The fraction of sp³-hybridized carbons (Fsp3) is 0.786. The first-order valence-corrected chi connectivity index (χ1v) is 7.70. The van der Waals surface area contributed by atoms with Gasteiger partial charge >= 0.3 is 0 Å². The Morgan fingerprint density at radius 1 is 1.39 bits per heavy atom. The van der Waals surface area contributed by atoms with E-state index in [1.165, 1.54) is 28.4 Å². The molecule has 102 valence electrons. The second-order valence-electron chi connectivity index (χ2n) is 5.85. The summed E-state index contributed by atoms with van der Waals surface area (Å²) in [6.45, 7) is 12.3. The summed E-state index contributed by atoms with van der Waals surface area (Å²) in [5.74, 6) is 0. The molecule has 0 amide bonds. The van der Waals surface area contributed by atoms with E-state index < -0.39 is 0 Å². The molecule has 2 heterocycles. The van der Waals surface area contributed by atoms with Crippen molar-refractivity contribution in [3.8, 4) is 0 Å². The van der Waals surface area contributed by atoms with Crippen molar-refractivity contribution >= 4 is 11.3 Å². The van der Waals surface area contributed by atoms with Crippen LogP contribution in [0.5, 0.6) is 0 Å². The molecule has 1 aliphatic heterocycles. The first-order chi connectivity index (χ1) is 8.50. The number of aromatic nitrogens is 1. The van der Waals surface area contributed by atoms with E-state index in [0.717, 1.165) is 19.6 Å². The Hall–Kier alpha value is -0.450. The van der Waals surface area contributed by atoms with Gasteiger partial charge in [-0.2, -0.15) is 0 Å². The molecule has 2 rings (SSSR count). The lowest BCUT2D eigenvalue weighted by molar-refractivity contribution is 0.214. The second kappa shape index (κ2) is 5.68. The molecule has 1 aromatic heterocycles. The van der Waals surface area contributed by atoms with E-state index in [2.05, 4.69) is 43.3 Å². The van der Waals surface area contributed by atoms with E-state index in [0.29, 0.717) is 11.5 Å². The lowest BCUT2D eigenvalue weighted by Crippen LogP contribution is -2.41. The van der Waals surface area contributed by atoms with Crippen molar-refractivity contribution in [2.75, 3.05) is 19.6 Å². The Morgan fingerprint density at radius 2 is 2.06 bits per heavy atom. The van der Waals surface area contributed by atoms with Crippen molar-refractivity contribution < 1.29 is 0 Å². The van der Waals surface area contributed by atoms with E-state index in [1.54, 1.807) is 0 Å². The third-order valence-corrected chi connectivity index (χ3v) is 5.23. The number of hydrogen-bond acceptors (Lipinski definition) is 4. The van der Waals surface area contributed by atoms with Crippen LogP contribution >= 0.6 is 11.3 Å². The molecule has 1 unspecified atom stereocenters. The first kappa shape index (κ1) is 14.0. The minimum atomic E-state index is 0.419. The van der Waals surface area contributed by atoms with Gasteiger partial charge in [0.1, 0.15) is 0 Å². The maximum atomic E-state index is 4.51. The van der Waals surface area contributed by atoms with Crippen LogP contribution < -0.4 is 10.6 Å². The molecule has 0 saturated carbocycles. The molecule has 2 N–H and O–H groups in total. The summed E-state index contributed by atoms with van der Waals surface area (Å²) in [5, 5.41) is 8.31. The number of aryl methyl sites for hydroxylation is 2. The number of piperidine rings is 1. The number of nitrogens with one attached hydrogen (secondary N) is 2. The normalized spacial score (nSPS) is 20.9. The fourth-order valence-corrected chi connectivity index (χ4v) is 3.60. The smallest absolute Gasteiger partial charge is 0.0900 e. The molecule has 3 nitrogen and oxygen atoms in total. The number of nitrogens with zero attached hydrogens (tertiary/aromatic N) is 1. The van der Waals surface area contributed by atoms with Gasteiger partial charge in [-0.25, -0.2) is 4.98 Å². The average molecular weight is 267 g/mol. The van der Waals surface area contributed by atoms with Gasteiger partial charge in [-0.15, -0.1) is 11.3 Å². The van der Waals surface area contributed by atoms with Crippen LogP contribution in [-0.4, -0.2) is 24.6 Å². The SMILES string of the molecule is Cc1nc(C)c(C(C)NCC2(C)CCNCC2)s1. The number of rotatable bonds is 4. The Kier molecular flexibility index (Phi) is 4.41. The lowest BCUT2D eigenvalue weighted by atomic mass is 9.81. The molecule has 0 aliphatic carbocycles. The molecule has 1 aliphatic rings. The highest BCUT2D eigenvalue weighted by molar-refractivity contribution is 7.11. The molecule has 0 aromatic carbocycles. The van der Waals surface area contributed by atoms with Crippen LogP contribution in [0.1, 0.15) is 48.3 Å². The Bertz CT molecular complexity index is 394. The van der Waals surface area contributed by atoms with Gasteiger partial charge in [0.05, 0.1) is 10.7 Å². The van der Waals surface area contributed by atoms with Crippen LogP contribution in [0.2, 0.25) is 0 Å². The van der Waals surface area contributed by atoms with Gasteiger partial charge in [0.15, 0.2) is 0 Å². The Labute approximate surface area is 114 Å². The number of hydrogen-bond donors (Lipinski definition) is 2. The summed E-state index contributed by atoms with van der Waals surface area (Å²) in [4.78, 5) is 5.91.